The van der Waals surface area contributed by atoms with Crippen molar-refractivity contribution in [2.45, 2.75) is 31.8 Å². The smallest absolute Gasteiger partial charge is 0.293 e. The number of carbonyl (C=O) groups is 1. The molecule has 1 saturated heterocycles. The lowest BCUT2D eigenvalue weighted by Gasteiger charge is -2.33. The Kier molecular flexibility index (Phi) is 4.71. The van der Waals surface area contributed by atoms with E-state index in [0.29, 0.717) is 6.54 Å². The van der Waals surface area contributed by atoms with Crippen LogP contribution in [-0.4, -0.2) is 28.3 Å². The summed E-state index contributed by atoms with van der Waals surface area (Å²) in [5.74, 6) is 5.00. The van der Waals surface area contributed by atoms with E-state index in [0.717, 1.165) is 31.4 Å². The van der Waals surface area contributed by atoms with E-state index in [1.807, 2.05) is 4.90 Å². The topological polar surface area (TPSA) is 128 Å². The van der Waals surface area contributed by atoms with Gasteiger partial charge in [0.1, 0.15) is 5.69 Å². The van der Waals surface area contributed by atoms with Crippen LogP contribution in [0.25, 0.3) is 0 Å². The van der Waals surface area contributed by atoms with Crippen molar-refractivity contribution in [1.29, 1.82) is 0 Å². The Bertz CT molecular complexity index is 549. The molecule has 1 aliphatic rings. The van der Waals surface area contributed by atoms with Crippen LogP contribution in [0, 0.1) is 10.1 Å². The molecule has 0 saturated carbocycles. The number of primary amides is 1. The molecule has 1 heterocycles. The molecule has 1 aliphatic heterocycles. The van der Waals surface area contributed by atoms with Gasteiger partial charge in [-0.05, 0) is 31.0 Å². The van der Waals surface area contributed by atoms with Crippen molar-refractivity contribution in [3.63, 3.8) is 0 Å². The first kappa shape index (κ1) is 15.2. The van der Waals surface area contributed by atoms with E-state index in [4.69, 9.17) is 11.6 Å². The molecule has 1 aromatic carbocycles. The van der Waals surface area contributed by atoms with Crippen LogP contribution in [0.4, 0.5) is 11.4 Å². The second-order valence-corrected chi connectivity index (χ2v) is 5.14. The monoisotopic (exact) mass is 293 g/mol. The number of nitrogens with zero attached hydrogens (tertiary/aromatic N) is 2. The Balaban J connectivity index is 2.18. The van der Waals surface area contributed by atoms with Gasteiger partial charge < -0.3 is 11.2 Å². The molecule has 5 N–H and O–H groups in total. The highest BCUT2D eigenvalue weighted by Gasteiger charge is 2.27. The molecule has 0 bridgehead atoms. The van der Waals surface area contributed by atoms with E-state index in [-0.39, 0.29) is 23.3 Å². The number of nitrogens with one attached hydrogen (secondary N) is 1. The van der Waals surface area contributed by atoms with Gasteiger partial charge in [0.15, 0.2) is 0 Å². The van der Waals surface area contributed by atoms with Crippen molar-refractivity contribution in [1.82, 2.24) is 4.90 Å². The molecule has 1 unspecified atom stereocenters. The fourth-order valence-corrected chi connectivity index (χ4v) is 2.69. The molecule has 1 amide bonds. The SMILES string of the molecule is NNc1cc(CN2CCCCC2C(N)=O)ccc1[N+](=O)[O-]. The maximum absolute atomic E-state index is 11.5. The minimum Gasteiger partial charge on any atom is -0.368 e. The van der Waals surface area contributed by atoms with E-state index >= 15 is 0 Å². The Morgan fingerprint density at radius 2 is 2.24 bits per heavy atom. The molecule has 8 nitrogen and oxygen atoms in total. The number of nitrogen functional groups attached to an aromatic ring is 1. The van der Waals surface area contributed by atoms with Gasteiger partial charge in [0.2, 0.25) is 5.91 Å². The number of benzene rings is 1. The molecule has 0 aromatic heterocycles. The van der Waals surface area contributed by atoms with Gasteiger partial charge in [0, 0.05) is 12.6 Å². The number of carbonyl (C=O) groups excluding carboxylic acids is 1. The van der Waals surface area contributed by atoms with Crippen molar-refractivity contribution < 1.29 is 9.72 Å². The fourth-order valence-electron chi connectivity index (χ4n) is 2.69. The standard InChI is InChI=1S/C13H19N5O3/c14-13(19)12-3-1-2-6-17(12)8-9-4-5-11(18(20)21)10(7-9)16-15/h4-5,7,12,16H,1-3,6,8,15H2,(H2,14,19). The van der Waals surface area contributed by atoms with Crippen molar-refractivity contribution >= 4 is 17.3 Å². The second-order valence-electron chi connectivity index (χ2n) is 5.14. The summed E-state index contributed by atoms with van der Waals surface area (Å²) in [7, 11) is 0. The van der Waals surface area contributed by atoms with Crippen LogP contribution in [0.15, 0.2) is 18.2 Å². The van der Waals surface area contributed by atoms with Crippen LogP contribution in [-0.2, 0) is 11.3 Å². The highest BCUT2D eigenvalue weighted by atomic mass is 16.6. The van der Waals surface area contributed by atoms with Gasteiger partial charge >= 0.3 is 0 Å². The van der Waals surface area contributed by atoms with Gasteiger partial charge in [-0.2, -0.15) is 0 Å². The summed E-state index contributed by atoms with van der Waals surface area (Å²) in [6.07, 6.45) is 2.75. The average molecular weight is 293 g/mol. The number of nitro groups is 1. The quantitative estimate of drug-likeness (QED) is 0.417. The zero-order valence-electron chi connectivity index (χ0n) is 11.6. The molecule has 0 radical (unpaired) electrons. The predicted molar refractivity (Wildman–Crippen MR) is 78.1 cm³/mol. The number of amides is 1. The Morgan fingerprint density at radius 1 is 1.48 bits per heavy atom. The Labute approximate surface area is 122 Å². The maximum atomic E-state index is 11.5. The summed E-state index contributed by atoms with van der Waals surface area (Å²) < 4.78 is 0. The molecule has 21 heavy (non-hydrogen) atoms. The van der Waals surface area contributed by atoms with Gasteiger partial charge in [-0.1, -0.05) is 12.5 Å². The predicted octanol–water partition coefficient (Wildman–Crippen LogP) is 0.720. The molecule has 2 rings (SSSR count). The molecule has 8 heteroatoms. The van der Waals surface area contributed by atoms with Gasteiger partial charge in [0.05, 0.1) is 11.0 Å². The lowest BCUT2D eigenvalue weighted by Crippen LogP contribution is -2.47. The molecule has 1 aromatic rings. The molecule has 0 aliphatic carbocycles. The van der Waals surface area contributed by atoms with Crippen LogP contribution in [0.2, 0.25) is 0 Å². The highest BCUT2D eigenvalue weighted by Crippen LogP contribution is 2.26. The third kappa shape index (κ3) is 3.47. The van der Waals surface area contributed by atoms with Crippen molar-refractivity contribution in [3.8, 4) is 0 Å². The van der Waals surface area contributed by atoms with Crippen LogP contribution < -0.4 is 17.0 Å². The number of hydrogen-bond donors (Lipinski definition) is 3. The van der Waals surface area contributed by atoms with Gasteiger partial charge in [-0.25, -0.2) is 0 Å². The van der Waals surface area contributed by atoms with Crippen LogP contribution in [0.5, 0.6) is 0 Å². The number of hydrazine groups is 1. The number of piperidine rings is 1. The third-order valence-electron chi connectivity index (χ3n) is 3.74. The summed E-state index contributed by atoms with van der Waals surface area (Å²) in [5.41, 5.74) is 8.79. The van der Waals surface area contributed by atoms with Gasteiger partial charge in [-0.15, -0.1) is 0 Å². The van der Waals surface area contributed by atoms with E-state index in [2.05, 4.69) is 5.43 Å². The molecule has 0 spiro atoms. The van der Waals surface area contributed by atoms with Gasteiger partial charge in [0.25, 0.3) is 5.69 Å². The number of likely N-dealkylation sites (tertiary alicyclic amines) is 1. The third-order valence-corrected chi connectivity index (χ3v) is 3.74. The fraction of sp³-hybridized carbons (Fsp3) is 0.462. The van der Waals surface area contributed by atoms with E-state index in [9.17, 15) is 14.9 Å². The number of rotatable bonds is 5. The van der Waals surface area contributed by atoms with Gasteiger partial charge in [-0.3, -0.25) is 25.7 Å². The Hall–Kier alpha value is -2.19. The number of hydrogen-bond acceptors (Lipinski definition) is 6. The summed E-state index contributed by atoms with van der Waals surface area (Å²) in [6, 6.07) is 4.44. The lowest BCUT2D eigenvalue weighted by atomic mass is 10.0. The first-order valence-electron chi connectivity index (χ1n) is 6.80. The normalized spacial score (nSPS) is 19.2. The zero-order valence-corrected chi connectivity index (χ0v) is 11.6. The lowest BCUT2D eigenvalue weighted by molar-refractivity contribution is -0.384. The average Bonchev–Trinajstić information content (AvgIpc) is 2.47. The number of nitro benzene ring substituents is 1. The first-order valence-corrected chi connectivity index (χ1v) is 6.80. The molecule has 1 fully saturated rings. The summed E-state index contributed by atoms with van der Waals surface area (Å²) >= 11 is 0. The highest BCUT2D eigenvalue weighted by molar-refractivity contribution is 5.79. The Morgan fingerprint density at radius 3 is 2.86 bits per heavy atom. The minimum absolute atomic E-state index is 0.0775. The second kappa shape index (κ2) is 6.51. The van der Waals surface area contributed by atoms with Crippen LogP contribution in [0.3, 0.4) is 0 Å². The molecule has 114 valence electrons. The maximum Gasteiger partial charge on any atom is 0.293 e. The van der Waals surface area contributed by atoms with Crippen molar-refractivity contribution in [3.05, 3.63) is 33.9 Å². The largest absolute Gasteiger partial charge is 0.368 e. The van der Waals surface area contributed by atoms with E-state index in [1.54, 1.807) is 12.1 Å². The van der Waals surface area contributed by atoms with E-state index < -0.39 is 4.92 Å². The summed E-state index contributed by atoms with van der Waals surface area (Å²) in [6.45, 7) is 1.30. The number of anilines is 1. The van der Waals surface area contributed by atoms with Crippen LogP contribution in [0.1, 0.15) is 24.8 Å². The van der Waals surface area contributed by atoms with Crippen molar-refractivity contribution in [2.75, 3.05) is 12.0 Å². The minimum atomic E-state index is -0.494. The zero-order chi connectivity index (χ0) is 15.4. The molecular weight excluding hydrogens is 274 g/mol. The number of nitrogens with two attached hydrogens (primary N) is 2. The first-order chi connectivity index (χ1) is 10.0. The summed E-state index contributed by atoms with van der Waals surface area (Å²) in [4.78, 5) is 23.9. The van der Waals surface area contributed by atoms with Crippen LogP contribution >= 0.6 is 0 Å². The summed E-state index contributed by atoms with van der Waals surface area (Å²) in [5, 5.41) is 10.9. The van der Waals surface area contributed by atoms with E-state index in [1.165, 1.54) is 6.07 Å². The molecule has 1 atom stereocenters. The van der Waals surface area contributed by atoms with Crippen molar-refractivity contribution in [2.24, 2.45) is 11.6 Å². The molecular formula is C13H19N5O3.